The van der Waals surface area contributed by atoms with Crippen LogP contribution < -0.4 is 14.8 Å². The zero-order valence-electron chi connectivity index (χ0n) is 17.0. The van der Waals surface area contributed by atoms with Gasteiger partial charge < -0.3 is 24.1 Å². The van der Waals surface area contributed by atoms with Crippen LogP contribution in [0.1, 0.15) is 29.9 Å². The summed E-state index contributed by atoms with van der Waals surface area (Å²) in [5, 5.41) is 12.0. The largest absolute Gasteiger partial charge is 0.586 e. The molecule has 0 bridgehead atoms. The third kappa shape index (κ3) is 4.28. The molecule has 0 spiro atoms. The Kier molecular flexibility index (Phi) is 5.80. The number of aromatic nitrogens is 1. The van der Waals surface area contributed by atoms with Crippen LogP contribution in [-0.4, -0.2) is 30.5 Å². The highest BCUT2D eigenvalue weighted by Crippen LogP contribution is 2.42. The molecule has 2 heterocycles. The number of aryl methyl sites for hydroxylation is 1. The summed E-state index contributed by atoms with van der Waals surface area (Å²) in [4.78, 5) is 12.6. The van der Waals surface area contributed by atoms with Gasteiger partial charge in [0.1, 0.15) is 11.6 Å². The van der Waals surface area contributed by atoms with Crippen LogP contribution in [0.2, 0.25) is 0 Å². The fourth-order valence-electron chi connectivity index (χ4n) is 3.47. The highest BCUT2D eigenvalue weighted by molar-refractivity contribution is 6.09. The Balaban J connectivity index is 1.82. The minimum absolute atomic E-state index is 0.0864. The first-order chi connectivity index (χ1) is 14.1. The van der Waals surface area contributed by atoms with Crippen molar-refractivity contribution in [3.63, 3.8) is 0 Å². The van der Waals surface area contributed by atoms with Gasteiger partial charge in [0.05, 0.1) is 12.6 Å². The average Bonchev–Trinajstić information content (AvgIpc) is 3.12. The summed E-state index contributed by atoms with van der Waals surface area (Å²) in [6.07, 6.45) is -2.25. The summed E-state index contributed by atoms with van der Waals surface area (Å²) < 4.78 is 42.3. The van der Waals surface area contributed by atoms with Gasteiger partial charge in [-0.15, -0.1) is 8.78 Å². The summed E-state index contributed by atoms with van der Waals surface area (Å²) in [7, 11) is 1.63. The van der Waals surface area contributed by atoms with E-state index in [1.165, 1.54) is 24.3 Å². The van der Waals surface area contributed by atoms with Crippen LogP contribution in [0.15, 0.2) is 29.8 Å². The summed E-state index contributed by atoms with van der Waals surface area (Å²) in [5.74, 6) is -1.000. The molecule has 7 nitrogen and oxygen atoms in total. The van der Waals surface area contributed by atoms with E-state index in [1.54, 1.807) is 7.11 Å². The molecular weight excluding hydrogens is 396 g/mol. The first kappa shape index (κ1) is 21.3. The van der Waals surface area contributed by atoms with Gasteiger partial charge in [-0.25, -0.2) is 0 Å². The first-order valence-electron chi connectivity index (χ1n) is 9.15. The number of methoxy groups -OCH3 is 1. The molecule has 0 radical (unpaired) electrons. The molecule has 1 aliphatic heterocycles. The molecule has 0 saturated carbocycles. The molecule has 30 heavy (non-hydrogen) atoms. The number of hydrogen-bond donors (Lipinski definition) is 1. The van der Waals surface area contributed by atoms with Gasteiger partial charge in [0.25, 0.3) is 5.91 Å². The number of carbonyl (C=O) groups excluding carboxylic acids is 1. The van der Waals surface area contributed by atoms with E-state index in [1.807, 2.05) is 32.9 Å². The number of rotatable bonds is 6. The van der Waals surface area contributed by atoms with E-state index < -0.39 is 12.2 Å². The number of amides is 1. The van der Waals surface area contributed by atoms with Crippen molar-refractivity contribution in [2.45, 2.75) is 33.1 Å². The predicted octanol–water partition coefficient (Wildman–Crippen LogP) is 4.18. The lowest BCUT2D eigenvalue weighted by atomic mass is 10.1. The minimum atomic E-state index is -3.74. The average molecular weight is 417 g/mol. The normalized spacial score (nSPS) is 15.6. The van der Waals surface area contributed by atoms with E-state index in [4.69, 9.17) is 4.74 Å². The van der Waals surface area contributed by atoms with E-state index in [-0.39, 0.29) is 28.8 Å². The number of nitrogens with one attached hydrogen (secondary N) is 1. The highest BCUT2D eigenvalue weighted by atomic mass is 19.3. The fraction of sp³-hybridized carbons (Fsp3) is 0.333. The molecule has 0 fully saturated rings. The van der Waals surface area contributed by atoms with Gasteiger partial charge in [-0.05, 0) is 50.6 Å². The Morgan fingerprint density at radius 1 is 1.33 bits per heavy atom. The van der Waals surface area contributed by atoms with Crippen LogP contribution in [0.3, 0.4) is 0 Å². The van der Waals surface area contributed by atoms with Crippen LogP contribution in [0, 0.1) is 25.2 Å². The number of nitrogens with zero attached hydrogens (tertiary/aromatic N) is 2. The lowest BCUT2D eigenvalue weighted by molar-refractivity contribution is -0.286. The van der Waals surface area contributed by atoms with Crippen molar-refractivity contribution in [1.82, 2.24) is 4.57 Å². The quantitative estimate of drug-likeness (QED) is 0.563. The van der Waals surface area contributed by atoms with E-state index >= 15 is 0 Å². The summed E-state index contributed by atoms with van der Waals surface area (Å²) >= 11 is 0. The smallest absolute Gasteiger partial charge is 0.395 e. The molecule has 1 amide bonds. The molecule has 1 unspecified atom stereocenters. The van der Waals surface area contributed by atoms with Gasteiger partial charge in [0.15, 0.2) is 11.5 Å². The van der Waals surface area contributed by atoms with Crippen molar-refractivity contribution < 1.29 is 27.8 Å². The highest BCUT2D eigenvalue weighted by Gasteiger charge is 2.43. The van der Waals surface area contributed by atoms with Crippen molar-refractivity contribution >= 4 is 17.7 Å². The van der Waals surface area contributed by atoms with Crippen LogP contribution in [0.5, 0.6) is 11.5 Å². The monoisotopic (exact) mass is 417 g/mol. The van der Waals surface area contributed by atoms with E-state index in [0.717, 1.165) is 17.0 Å². The van der Waals surface area contributed by atoms with Gasteiger partial charge in [0, 0.05) is 30.3 Å². The first-order valence-corrected chi connectivity index (χ1v) is 9.15. The Morgan fingerprint density at radius 3 is 2.70 bits per heavy atom. The van der Waals surface area contributed by atoms with Crippen molar-refractivity contribution in [3.8, 4) is 17.6 Å². The molecule has 1 aliphatic rings. The Hall–Kier alpha value is -3.38. The summed E-state index contributed by atoms with van der Waals surface area (Å²) in [6.45, 7) is 6.37. The predicted molar refractivity (Wildman–Crippen MR) is 105 cm³/mol. The summed E-state index contributed by atoms with van der Waals surface area (Å²) in [5.41, 5.74) is 2.66. The maximum absolute atomic E-state index is 13.1. The standard InChI is InChI=1S/C21H21F2N3O4/c1-12-7-15(14(3)26(12)13(2)11-28-4)8-16(10-24)20(27)25-17-5-6-18-19(9-17)30-21(22,23)29-18/h5-9,13H,11H2,1-4H3,(H,25,27)/b16-8-. The zero-order chi connectivity index (χ0) is 22.1. The van der Waals surface area contributed by atoms with Crippen molar-refractivity contribution in [2.75, 3.05) is 19.0 Å². The summed E-state index contributed by atoms with van der Waals surface area (Å²) in [6, 6.07) is 7.71. The molecule has 1 atom stereocenters. The Labute approximate surface area is 172 Å². The second-order valence-electron chi connectivity index (χ2n) is 6.95. The van der Waals surface area contributed by atoms with E-state index in [9.17, 15) is 18.8 Å². The van der Waals surface area contributed by atoms with Gasteiger partial charge in [-0.1, -0.05) is 0 Å². The van der Waals surface area contributed by atoms with Crippen LogP contribution in [0.25, 0.3) is 6.08 Å². The number of carbonyl (C=O) groups is 1. The molecule has 9 heteroatoms. The van der Waals surface area contributed by atoms with Gasteiger partial charge >= 0.3 is 6.29 Å². The van der Waals surface area contributed by atoms with Crippen molar-refractivity contribution in [1.29, 1.82) is 5.26 Å². The molecule has 1 aromatic carbocycles. The molecule has 3 rings (SSSR count). The zero-order valence-corrected chi connectivity index (χ0v) is 17.0. The maximum Gasteiger partial charge on any atom is 0.586 e. The Bertz CT molecular complexity index is 1050. The van der Waals surface area contributed by atoms with Crippen molar-refractivity contribution in [3.05, 3.63) is 46.8 Å². The lowest BCUT2D eigenvalue weighted by Crippen LogP contribution is -2.25. The minimum Gasteiger partial charge on any atom is -0.395 e. The number of alkyl halides is 2. The van der Waals surface area contributed by atoms with Crippen LogP contribution in [-0.2, 0) is 9.53 Å². The van der Waals surface area contributed by atoms with Gasteiger partial charge in [-0.2, -0.15) is 5.26 Å². The topological polar surface area (TPSA) is 85.5 Å². The molecule has 0 aliphatic carbocycles. The number of benzene rings is 1. The molecule has 158 valence electrons. The number of anilines is 1. The number of halogens is 2. The van der Waals surface area contributed by atoms with Crippen molar-refractivity contribution in [2.24, 2.45) is 0 Å². The third-order valence-corrected chi connectivity index (χ3v) is 4.70. The number of fused-ring (bicyclic) bond motifs is 1. The fourth-order valence-corrected chi connectivity index (χ4v) is 3.47. The number of hydrogen-bond acceptors (Lipinski definition) is 5. The third-order valence-electron chi connectivity index (χ3n) is 4.70. The van der Waals surface area contributed by atoms with Gasteiger partial charge in [-0.3, -0.25) is 4.79 Å². The molecular formula is C21H21F2N3O4. The number of ether oxygens (including phenoxy) is 3. The van der Waals surface area contributed by atoms with Gasteiger partial charge in [0.2, 0.25) is 0 Å². The Morgan fingerprint density at radius 2 is 2.03 bits per heavy atom. The molecule has 1 N–H and O–H groups in total. The second kappa shape index (κ2) is 8.16. The molecule has 2 aromatic rings. The maximum atomic E-state index is 13.1. The number of nitriles is 1. The van der Waals surface area contributed by atoms with Crippen LogP contribution in [0.4, 0.5) is 14.5 Å². The van der Waals surface area contributed by atoms with Crippen LogP contribution >= 0.6 is 0 Å². The second-order valence-corrected chi connectivity index (χ2v) is 6.95. The molecule has 1 aromatic heterocycles. The SMILES string of the molecule is COCC(C)n1c(C)cc(/C=C(/C#N)C(=O)Nc2ccc3c(c2)OC(F)(F)O3)c1C. The van der Waals surface area contributed by atoms with E-state index in [2.05, 4.69) is 19.4 Å². The lowest BCUT2D eigenvalue weighted by Gasteiger charge is -2.17. The van der Waals surface area contributed by atoms with E-state index in [0.29, 0.717) is 6.61 Å². The molecule has 0 saturated heterocycles.